The molecule has 2 amide bonds. The number of para-hydroxylation sites is 1. The summed E-state index contributed by atoms with van der Waals surface area (Å²) >= 11 is 0. The second-order valence-electron chi connectivity index (χ2n) is 6.34. The molecule has 0 spiro atoms. The Kier molecular flexibility index (Phi) is 6.04. The van der Waals surface area contributed by atoms with Gasteiger partial charge in [-0.05, 0) is 24.3 Å². The topological polar surface area (TPSA) is 114 Å². The Morgan fingerprint density at radius 3 is 2.79 bits per heavy atom. The zero-order valence-electron chi connectivity index (χ0n) is 16.0. The van der Waals surface area contributed by atoms with Crippen LogP contribution in [0.25, 0.3) is 0 Å². The van der Waals surface area contributed by atoms with Gasteiger partial charge >= 0.3 is 0 Å². The summed E-state index contributed by atoms with van der Waals surface area (Å²) < 4.78 is 37.0. The summed E-state index contributed by atoms with van der Waals surface area (Å²) in [5, 5.41) is 5.25. The van der Waals surface area contributed by atoms with Crippen molar-refractivity contribution in [2.75, 3.05) is 32.6 Å². The van der Waals surface area contributed by atoms with Crippen LogP contribution in [0.5, 0.6) is 11.5 Å². The number of fused-ring (bicyclic) bond motifs is 1. The van der Waals surface area contributed by atoms with E-state index in [0.29, 0.717) is 11.5 Å². The number of ether oxygens (including phenoxy) is 2. The molecular weight excluding hydrogens is 398 g/mol. The van der Waals surface area contributed by atoms with E-state index < -0.39 is 15.9 Å². The molecule has 0 saturated heterocycles. The maximum Gasteiger partial charge on any atom is 0.262 e. The molecule has 0 aromatic heterocycles. The first-order valence-electron chi connectivity index (χ1n) is 8.73. The van der Waals surface area contributed by atoms with Crippen molar-refractivity contribution in [1.82, 2.24) is 9.62 Å². The molecule has 0 saturated carbocycles. The molecule has 2 aromatic carbocycles. The Hall–Kier alpha value is -3.11. The minimum Gasteiger partial charge on any atom is -0.496 e. The van der Waals surface area contributed by atoms with Crippen molar-refractivity contribution in [2.24, 2.45) is 0 Å². The van der Waals surface area contributed by atoms with E-state index >= 15 is 0 Å². The van der Waals surface area contributed by atoms with Crippen LogP contribution in [0.2, 0.25) is 0 Å². The highest BCUT2D eigenvalue weighted by atomic mass is 32.2. The fourth-order valence-electron chi connectivity index (χ4n) is 2.79. The normalized spacial score (nSPS) is 13.3. The number of rotatable bonds is 7. The van der Waals surface area contributed by atoms with Crippen LogP contribution in [0.4, 0.5) is 5.69 Å². The molecule has 29 heavy (non-hydrogen) atoms. The molecule has 9 nitrogen and oxygen atoms in total. The van der Waals surface area contributed by atoms with Crippen LogP contribution in [0.3, 0.4) is 0 Å². The predicted molar refractivity (Wildman–Crippen MR) is 105 cm³/mol. The number of nitrogens with zero attached hydrogens (tertiary/aromatic N) is 1. The fourth-order valence-corrected chi connectivity index (χ4v) is 3.94. The minimum atomic E-state index is -3.94. The van der Waals surface area contributed by atoms with Crippen LogP contribution < -0.4 is 20.1 Å². The van der Waals surface area contributed by atoms with Gasteiger partial charge in [-0.2, -0.15) is 4.31 Å². The molecule has 2 aromatic rings. The monoisotopic (exact) mass is 419 g/mol. The van der Waals surface area contributed by atoms with Gasteiger partial charge in [-0.3, -0.25) is 9.59 Å². The van der Waals surface area contributed by atoms with Gasteiger partial charge in [0.25, 0.3) is 5.91 Å². The first-order valence-corrected chi connectivity index (χ1v) is 10.2. The van der Waals surface area contributed by atoms with Gasteiger partial charge in [0.2, 0.25) is 15.9 Å². The molecule has 1 heterocycles. The van der Waals surface area contributed by atoms with Crippen molar-refractivity contribution >= 4 is 27.5 Å². The third-order valence-electron chi connectivity index (χ3n) is 4.33. The first-order chi connectivity index (χ1) is 13.8. The summed E-state index contributed by atoms with van der Waals surface area (Å²) in [6.07, 6.45) is 0. The van der Waals surface area contributed by atoms with Crippen molar-refractivity contribution < 1.29 is 27.5 Å². The number of hydrogen-bond acceptors (Lipinski definition) is 6. The zero-order chi connectivity index (χ0) is 21.0. The van der Waals surface area contributed by atoms with Gasteiger partial charge in [-0.25, -0.2) is 8.42 Å². The van der Waals surface area contributed by atoms with Crippen molar-refractivity contribution in [3.05, 3.63) is 48.0 Å². The lowest BCUT2D eigenvalue weighted by Gasteiger charge is -2.21. The molecule has 1 aliphatic heterocycles. The number of anilines is 1. The minimum absolute atomic E-state index is 0.0536. The maximum absolute atomic E-state index is 12.8. The second-order valence-corrected chi connectivity index (χ2v) is 8.39. The summed E-state index contributed by atoms with van der Waals surface area (Å²) in [4.78, 5) is 23.6. The quantitative estimate of drug-likeness (QED) is 0.691. The number of sulfonamides is 1. The van der Waals surface area contributed by atoms with Crippen LogP contribution in [0.15, 0.2) is 47.4 Å². The van der Waals surface area contributed by atoms with E-state index in [4.69, 9.17) is 9.47 Å². The molecule has 0 radical (unpaired) electrons. The molecule has 1 aliphatic rings. The number of benzene rings is 2. The van der Waals surface area contributed by atoms with E-state index in [9.17, 15) is 18.0 Å². The van der Waals surface area contributed by atoms with E-state index in [1.165, 1.54) is 32.4 Å². The SMILES string of the molecule is COc1ccccc1CNC(=O)CN(C)S(=O)(=O)c1ccc2c(c1)NC(=O)CO2. The van der Waals surface area contributed by atoms with Crippen molar-refractivity contribution in [3.8, 4) is 11.5 Å². The highest BCUT2D eigenvalue weighted by molar-refractivity contribution is 7.89. The zero-order valence-corrected chi connectivity index (χ0v) is 16.8. The Labute approximate surface area is 168 Å². The molecule has 0 bridgehead atoms. The van der Waals surface area contributed by atoms with E-state index in [2.05, 4.69) is 10.6 Å². The molecule has 0 aliphatic carbocycles. The van der Waals surface area contributed by atoms with Gasteiger partial charge in [0, 0.05) is 19.2 Å². The summed E-state index contributed by atoms with van der Waals surface area (Å²) in [5.74, 6) is 0.195. The Morgan fingerprint density at radius 1 is 1.28 bits per heavy atom. The summed E-state index contributed by atoms with van der Waals surface area (Å²) in [6, 6.07) is 11.4. The number of hydrogen-bond donors (Lipinski definition) is 2. The molecule has 0 fully saturated rings. The first kappa shape index (κ1) is 20.6. The molecule has 2 N–H and O–H groups in total. The highest BCUT2D eigenvalue weighted by Crippen LogP contribution is 2.30. The van der Waals surface area contributed by atoms with Crippen LogP contribution in [-0.2, 0) is 26.2 Å². The van der Waals surface area contributed by atoms with Crippen LogP contribution in [0, 0.1) is 0 Å². The second kappa shape index (κ2) is 8.50. The van der Waals surface area contributed by atoms with Crippen molar-refractivity contribution in [2.45, 2.75) is 11.4 Å². The lowest BCUT2D eigenvalue weighted by molar-refractivity contribution is -0.121. The smallest absolute Gasteiger partial charge is 0.262 e. The molecule has 154 valence electrons. The Morgan fingerprint density at radius 2 is 2.03 bits per heavy atom. The third-order valence-corrected chi connectivity index (χ3v) is 6.13. The number of nitrogens with one attached hydrogen (secondary N) is 2. The van der Waals surface area contributed by atoms with E-state index in [0.717, 1.165) is 9.87 Å². The summed E-state index contributed by atoms with van der Waals surface area (Å²) in [7, 11) is -1.09. The standard InChI is InChI=1S/C19H21N3O6S/c1-22(11-18(23)20-10-13-5-3-4-6-16(13)27-2)29(25,26)14-7-8-17-15(9-14)21-19(24)12-28-17/h3-9H,10-12H2,1-2H3,(H,20,23)(H,21,24). The summed E-state index contributed by atoms with van der Waals surface area (Å²) in [6.45, 7) is -0.276. The molecule has 3 rings (SSSR count). The number of likely N-dealkylation sites (N-methyl/N-ethyl adjacent to an activating group) is 1. The van der Waals surface area contributed by atoms with E-state index in [-0.39, 0.29) is 36.2 Å². The lowest BCUT2D eigenvalue weighted by Crippen LogP contribution is -2.38. The number of methoxy groups -OCH3 is 1. The molecule has 0 unspecified atom stereocenters. The average Bonchev–Trinajstić information content (AvgIpc) is 2.71. The maximum atomic E-state index is 12.8. The molecular formula is C19H21N3O6S. The number of carbonyl (C=O) groups is 2. The largest absolute Gasteiger partial charge is 0.496 e. The number of carbonyl (C=O) groups excluding carboxylic acids is 2. The molecule has 10 heteroatoms. The van der Waals surface area contributed by atoms with Crippen LogP contribution in [-0.4, -0.2) is 51.8 Å². The van der Waals surface area contributed by atoms with Crippen LogP contribution in [0.1, 0.15) is 5.56 Å². The van der Waals surface area contributed by atoms with Gasteiger partial charge in [0.1, 0.15) is 11.5 Å². The molecule has 0 atom stereocenters. The van der Waals surface area contributed by atoms with Gasteiger partial charge < -0.3 is 20.1 Å². The van der Waals surface area contributed by atoms with Gasteiger partial charge in [0.05, 0.1) is 24.2 Å². The Bertz CT molecular complexity index is 1040. The number of amides is 2. The highest BCUT2D eigenvalue weighted by Gasteiger charge is 2.25. The van der Waals surface area contributed by atoms with Gasteiger partial charge in [0.15, 0.2) is 6.61 Å². The Balaban J connectivity index is 1.66. The van der Waals surface area contributed by atoms with E-state index in [1.54, 1.807) is 6.07 Å². The summed E-state index contributed by atoms with van der Waals surface area (Å²) in [5.41, 5.74) is 1.05. The fraction of sp³-hybridized carbons (Fsp3) is 0.263. The third kappa shape index (κ3) is 4.66. The lowest BCUT2D eigenvalue weighted by atomic mass is 10.2. The van der Waals surface area contributed by atoms with Gasteiger partial charge in [-0.1, -0.05) is 18.2 Å². The van der Waals surface area contributed by atoms with Gasteiger partial charge in [-0.15, -0.1) is 0 Å². The predicted octanol–water partition coefficient (Wildman–Crippen LogP) is 0.963. The van der Waals surface area contributed by atoms with Crippen molar-refractivity contribution in [1.29, 1.82) is 0 Å². The van der Waals surface area contributed by atoms with Crippen molar-refractivity contribution in [3.63, 3.8) is 0 Å². The van der Waals surface area contributed by atoms with Crippen LogP contribution >= 0.6 is 0 Å². The average molecular weight is 419 g/mol. The van der Waals surface area contributed by atoms with E-state index in [1.807, 2.05) is 18.2 Å².